The van der Waals surface area contributed by atoms with Crippen molar-refractivity contribution in [3.8, 4) is 11.5 Å². The number of rotatable bonds is 11. The Labute approximate surface area is 191 Å². The molecule has 1 aromatic carbocycles. The molecule has 0 aliphatic heterocycles. The minimum Gasteiger partial charge on any atom is -0.493 e. The normalized spacial score (nSPS) is 12.0. The van der Waals surface area contributed by atoms with E-state index in [0.29, 0.717) is 34.8 Å². The molecule has 0 saturated carbocycles. The van der Waals surface area contributed by atoms with Gasteiger partial charge in [-0.05, 0) is 44.0 Å². The molecule has 0 aliphatic carbocycles. The first-order chi connectivity index (χ1) is 15.7. The summed E-state index contributed by atoms with van der Waals surface area (Å²) < 4.78 is 67.3. The molecule has 0 atom stereocenters. The van der Waals surface area contributed by atoms with E-state index in [1.807, 2.05) is 13.0 Å². The van der Waals surface area contributed by atoms with Gasteiger partial charge in [0.1, 0.15) is 4.90 Å². The minimum absolute atomic E-state index is 0.0305. The molecule has 9 nitrogen and oxygen atoms in total. The Kier molecular flexibility index (Phi) is 7.69. The number of benzene rings is 1. The summed E-state index contributed by atoms with van der Waals surface area (Å²) in [5.74, 6) is 1.09. The zero-order valence-corrected chi connectivity index (χ0v) is 19.7. The molecule has 0 amide bonds. The van der Waals surface area contributed by atoms with Crippen LogP contribution in [-0.2, 0) is 29.5 Å². The number of hydrogen-bond acceptors (Lipinski definition) is 6. The van der Waals surface area contributed by atoms with Crippen LogP contribution in [0.1, 0.15) is 30.4 Å². The van der Waals surface area contributed by atoms with Crippen LogP contribution in [0, 0.1) is 6.92 Å². The second-order valence-corrected chi connectivity index (χ2v) is 9.14. The van der Waals surface area contributed by atoms with Gasteiger partial charge in [-0.3, -0.25) is 4.68 Å². The summed E-state index contributed by atoms with van der Waals surface area (Å²) in [6, 6.07) is 7.08. The Balaban J connectivity index is 1.94. The van der Waals surface area contributed by atoms with Crippen LogP contribution in [0.15, 0.2) is 41.6 Å². The van der Waals surface area contributed by atoms with Crippen LogP contribution in [0.5, 0.6) is 11.5 Å². The Morgan fingerprint density at radius 3 is 2.45 bits per heavy atom. The van der Waals surface area contributed by atoms with Gasteiger partial charge in [-0.15, -0.1) is 0 Å². The smallest absolute Gasteiger partial charge is 0.333 e. The molecule has 0 bridgehead atoms. The molecule has 3 rings (SSSR count). The summed E-state index contributed by atoms with van der Waals surface area (Å²) >= 11 is 0. The van der Waals surface area contributed by atoms with Crippen molar-refractivity contribution in [2.75, 3.05) is 20.8 Å². The number of ether oxygens (including phenoxy) is 2. The summed E-state index contributed by atoms with van der Waals surface area (Å²) in [5, 5.41) is 7.76. The second kappa shape index (κ2) is 10.3. The highest BCUT2D eigenvalue weighted by Crippen LogP contribution is 2.29. The molecule has 0 unspecified atom stereocenters. The third-order valence-corrected chi connectivity index (χ3v) is 7.29. The van der Waals surface area contributed by atoms with E-state index in [1.54, 1.807) is 29.1 Å². The maximum atomic E-state index is 13.5. The first kappa shape index (κ1) is 24.6. The van der Waals surface area contributed by atoms with E-state index in [4.69, 9.17) is 9.47 Å². The number of hydrogen-bond donors (Lipinski definition) is 0. The van der Waals surface area contributed by atoms with Crippen LogP contribution in [0.4, 0.5) is 8.78 Å². The predicted octanol–water partition coefficient (Wildman–Crippen LogP) is 3.25. The van der Waals surface area contributed by atoms with Crippen LogP contribution in [0.2, 0.25) is 0 Å². The number of alkyl halides is 2. The molecule has 2 heterocycles. The van der Waals surface area contributed by atoms with Gasteiger partial charge in [-0.25, -0.2) is 13.1 Å². The summed E-state index contributed by atoms with van der Waals surface area (Å²) in [7, 11) is -1.07. The number of halogens is 2. The van der Waals surface area contributed by atoms with Gasteiger partial charge in [0.05, 0.1) is 38.3 Å². The van der Waals surface area contributed by atoms with Gasteiger partial charge in [0.2, 0.25) is 10.0 Å². The average Bonchev–Trinajstić information content (AvgIpc) is 3.42. The Morgan fingerprint density at radius 1 is 1.12 bits per heavy atom. The highest BCUT2D eigenvalue weighted by atomic mass is 32.2. The lowest BCUT2D eigenvalue weighted by Crippen LogP contribution is -2.33. The summed E-state index contributed by atoms with van der Waals surface area (Å²) in [6.07, 6.45) is 2.93. The zero-order chi connectivity index (χ0) is 24.2. The van der Waals surface area contributed by atoms with Gasteiger partial charge >= 0.3 is 6.55 Å². The SMILES string of the molecule is CCn1nccc1CN(CCc1ccc(OC)c(OC)c1)S(=O)(=O)c1cnn(C(F)F)c1C. The minimum atomic E-state index is -4.12. The van der Waals surface area contributed by atoms with Crippen molar-refractivity contribution < 1.29 is 26.7 Å². The van der Waals surface area contributed by atoms with Gasteiger partial charge in [0.25, 0.3) is 0 Å². The highest BCUT2D eigenvalue weighted by molar-refractivity contribution is 7.89. The maximum absolute atomic E-state index is 13.5. The van der Waals surface area contributed by atoms with E-state index in [1.165, 1.54) is 25.4 Å². The van der Waals surface area contributed by atoms with Gasteiger partial charge in [-0.2, -0.15) is 23.3 Å². The lowest BCUT2D eigenvalue weighted by molar-refractivity contribution is 0.0541. The number of aryl methyl sites for hydroxylation is 1. The molecule has 0 N–H and O–H groups in total. The summed E-state index contributed by atoms with van der Waals surface area (Å²) in [5.41, 5.74) is 1.40. The van der Waals surface area contributed by atoms with Crippen LogP contribution in [0.3, 0.4) is 0 Å². The van der Waals surface area contributed by atoms with Gasteiger partial charge in [-0.1, -0.05) is 6.07 Å². The number of nitrogens with zero attached hydrogens (tertiary/aromatic N) is 5. The quantitative estimate of drug-likeness (QED) is 0.416. The maximum Gasteiger partial charge on any atom is 0.333 e. The topological polar surface area (TPSA) is 91.5 Å². The van der Waals surface area contributed by atoms with Gasteiger partial charge in [0, 0.05) is 19.3 Å². The molecule has 33 heavy (non-hydrogen) atoms. The van der Waals surface area contributed by atoms with Crippen molar-refractivity contribution in [2.24, 2.45) is 0 Å². The molecule has 0 fully saturated rings. The van der Waals surface area contributed by atoms with Crippen LogP contribution in [-0.4, -0.2) is 53.0 Å². The van der Waals surface area contributed by atoms with Crippen molar-refractivity contribution in [1.29, 1.82) is 0 Å². The fourth-order valence-corrected chi connectivity index (χ4v) is 5.09. The molecular weight excluding hydrogens is 456 g/mol. The number of aromatic nitrogens is 4. The fourth-order valence-electron chi connectivity index (χ4n) is 3.53. The molecule has 0 aliphatic rings. The lowest BCUT2D eigenvalue weighted by atomic mass is 10.1. The molecule has 3 aromatic rings. The third-order valence-electron chi connectivity index (χ3n) is 5.34. The fraction of sp³-hybridized carbons (Fsp3) is 0.429. The molecule has 0 spiro atoms. The number of sulfonamides is 1. The van der Waals surface area contributed by atoms with E-state index >= 15 is 0 Å². The predicted molar refractivity (Wildman–Crippen MR) is 117 cm³/mol. The Hall–Kier alpha value is -2.99. The van der Waals surface area contributed by atoms with Crippen molar-refractivity contribution in [1.82, 2.24) is 23.9 Å². The summed E-state index contributed by atoms with van der Waals surface area (Å²) in [6.45, 7) is 0.976. The van der Waals surface area contributed by atoms with E-state index in [2.05, 4.69) is 10.2 Å². The third kappa shape index (κ3) is 5.17. The zero-order valence-electron chi connectivity index (χ0n) is 18.9. The average molecular weight is 484 g/mol. The van der Waals surface area contributed by atoms with Crippen molar-refractivity contribution in [3.63, 3.8) is 0 Å². The largest absolute Gasteiger partial charge is 0.493 e. The number of methoxy groups -OCH3 is 2. The van der Waals surface area contributed by atoms with Gasteiger partial charge < -0.3 is 9.47 Å². The molecular formula is C21H27F2N5O4S. The molecule has 0 saturated heterocycles. The molecule has 12 heteroatoms. The lowest BCUT2D eigenvalue weighted by Gasteiger charge is -2.23. The van der Waals surface area contributed by atoms with Crippen molar-refractivity contribution in [2.45, 2.75) is 44.8 Å². The van der Waals surface area contributed by atoms with Crippen molar-refractivity contribution >= 4 is 10.0 Å². The first-order valence-electron chi connectivity index (χ1n) is 10.3. The van der Waals surface area contributed by atoms with E-state index in [0.717, 1.165) is 11.8 Å². The van der Waals surface area contributed by atoms with Gasteiger partial charge in [0.15, 0.2) is 11.5 Å². The Morgan fingerprint density at radius 2 is 1.85 bits per heavy atom. The summed E-state index contributed by atoms with van der Waals surface area (Å²) in [4.78, 5) is -0.252. The van der Waals surface area contributed by atoms with Crippen molar-refractivity contribution in [3.05, 3.63) is 53.6 Å². The second-order valence-electron chi connectivity index (χ2n) is 7.23. The monoisotopic (exact) mass is 483 g/mol. The van der Waals surface area contributed by atoms with E-state index < -0.39 is 16.6 Å². The molecule has 180 valence electrons. The van der Waals surface area contributed by atoms with E-state index in [9.17, 15) is 17.2 Å². The molecule has 2 aromatic heterocycles. The van der Waals surface area contributed by atoms with Crippen LogP contribution >= 0.6 is 0 Å². The standard InChI is InChI=1S/C21H27F2N5O4S/c1-5-27-17(8-10-24-27)14-26(11-9-16-6-7-18(31-3)19(12-16)32-4)33(29,30)20-13-25-28(15(20)2)21(22)23/h6-8,10,12-13,21H,5,9,11,14H2,1-4H3. The Bertz CT molecular complexity index is 1190. The molecule has 0 radical (unpaired) electrons. The van der Waals surface area contributed by atoms with Crippen LogP contribution in [0.25, 0.3) is 0 Å². The first-order valence-corrected chi connectivity index (χ1v) is 11.7. The van der Waals surface area contributed by atoms with E-state index in [-0.39, 0.29) is 23.7 Å². The van der Waals surface area contributed by atoms with Crippen LogP contribution < -0.4 is 9.47 Å². The highest BCUT2D eigenvalue weighted by Gasteiger charge is 2.30.